The fourth-order valence-corrected chi connectivity index (χ4v) is 4.43. The second-order valence-electron chi connectivity index (χ2n) is 7.95. The van der Waals surface area contributed by atoms with E-state index < -0.39 is 0 Å². The second-order valence-corrected chi connectivity index (χ2v) is 7.95. The summed E-state index contributed by atoms with van der Waals surface area (Å²) in [5, 5.41) is 0. The molecule has 30 heavy (non-hydrogen) atoms. The van der Waals surface area contributed by atoms with Crippen molar-refractivity contribution in [1.82, 2.24) is 14.0 Å². The molecule has 3 nitrogen and oxygen atoms in total. The SMILES string of the molecule is Cc1cccc(-c2ccc(-c3ccc4c(c3)n3c5ccccc5nc3n4C)cc2)c1. The monoisotopic (exact) mass is 387 g/mol. The van der Waals surface area contributed by atoms with Gasteiger partial charge in [-0.1, -0.05) is 72.3 Å². The van der Waals surface area contributed by atoms with Crippen molar-refractivity contribution in [2.75, 3.05) is 0 Å². The number of aromatic nitrogens is 3. The Kier molecular flexibility index (Phi) is 3.59. The minimum atomic E-state index is 0.971. The van der Waals surface area contributed by atoms with Crippen LogP contribution in [0.5, 0.6) is 0 Å². The van der Waals surface area contributed by atoms with E-state index in [0.717, 1.165) is 16.8 Å². The average molecular weight is 387 g/mol. The third-order valence-corrected chi connectivity index (χ3v) is 5.99. The molecule has 144 valence electrons. The third-order valence-electron chi connectivity index (χ3n) is 5.99. The average Bonchev–Trinajstić information content (AvgIpc) is 3.29. The Morgan fingerprint density at radius 3 is 2.07 bits per heavy atom. The van der Waals surface area contributed by atoms with Crippen LogP contribution in [-0.2, 0) is 7.05 Å². The van der Waals surface area contributed by atoms with Crippen LogP contribution in [0.3, 0.4) is 0 Å². The Labute approximate surface area is 174 Å². The van der Waals surface area contributed by atoms with E-state index in [1.54, 1.807) is 0 Å². The van der Waals surface area contributed by atoms with Gasteiger partial charge in [-0.15, -0.1) is 0 Å². The van der Waals surface area contributed by atoms with Crippen LogP contribution >= 0.6 is 0 Å². The van der Waals surface area contributed by atoms with Crippen molar-refractivity contribution in [2.24, 2.45) is 7.05 Å². The smallest absolute Gasteiger partial charge is 0.215 e. The van der Waals surface area contributed by atoms with Crippen LogP contribution < -0.4 is 0 Å². The summed E-state index contributed by atoms with van der Waals surface area (Å²) in [6, 6.07) is 32.5. The van der Waals surface area contributed by atoms with Crippen molar-refractivity contribution in [2.45, 2.75) is 6.92 Å². The van der Waals surface area contributed by atoms with Gasteiger partial charge in [-0.25, -0.2) is 4.98 Å². The molecule has 0 unspecified atom stereocenters. The molecular weight excluding hydrogens is 366 g/mol. The molecule has 0 saturated heterocycles. The first-order chi connectivity index (χ1) is 14.7. The molecule has 2 aromatic heterocycles. The zero-order valence-electron chi connectivity index (χ0n) is 17.0. The lowest BCUT2D eigenvalue weighted by atomic mass is 9.99. The number of aryl methyl sites for hydroxylation is 2. The Bertz CT molecular complexity index is 1550. The van der Waals surface area contributed by atoms with Crippen molar-refractivity contribution >= 4 is 27.8 Å². The molecule has 0 N–H and O–H groups in total. The molecule has 0 aliphatic rings. The molecule has 0 aliphatic heterocycles. The minimum Gasteiger partial charge on any atom is -0.313 e. The van der Waals surface area contributed by atoms with E-state index in [9.17, 15) is 0 Å². The van der Waals surface area contributed by atoms with Gasteiger partial charge in [0.15, 0.2) is 0 Å². The number of imidazole rings is 2. The number of rotatable bonds is 2. The van der Waals surface area contributed by atoms with Gasteiger partial charge in [0, 0.05) is 7.05 Å². The molecular formula is C27H21N3. The molecule has 6 rings (SSSR count). The van der Waals surface area contributed by atoms with E-state index in [-0.39, 0.29) is 0 Å². The molecule has 0 atom stereocenters. The number of hydrogen-bond acceptors (Lipinski definition) is 1. The number of fused-ring (bicyclic) bond motifs is 5. The van der Waals surface area contributed by atoms with E-state index in [1.807, 2.05) is 6.07 Å². The van der Waals surface area contributed by atoms with Gasteiger partial charge in [0.25, 0.3) is 0 Å². The summed E-state index contributed by atoms with van der Waals surface area (Å²) in [5.41, 5.74) is 10.7. The Morgan fingerprint density at radius 2 is 1.30 bits per heavy atom. The predicted molar refractivity (Wildman–Crippen MR) is 125 cm³/mol. The quantitative estimate of drug-likeness (QED) is 0.327. The maximum absolute atomic E-state index is 4.83. The van der Waals surface area contributed by atoms with Gasteiger partial charge in [0.05, 0.1) is 22.1 Å². The predicted octanol–water partition coefficient (Wildman–Crippen LogP) is 6.62. The Hall–Kier alpha value is -3.85. The first-order valence-electron chi connectivity index (χ1n) is 10.2. The number of benzene rings is 4. The molecule has 3 heteroatoms. The molecule has 0 fully saturated rings. The highest BCUT2D eigenvalue weighted by Crippen LogP contribution is 2.31. The van der Waals surface area contributed by atoms with Gasteiger partial charge in [0.2, 0.25) is 5.78 Å². The number of hydrogen-bond donors (Lipinski definition) is 0. The maximum Gasteiger partial charge on any atom is 0.215 e. The summed E-state index contributed by atoms with van der Waals surface area (Å²) in [5.74, 6) is 0.971. The Balaban J connectivity index is 1.50. The first kappa shape index (κ1) is 17.0. The second kappa shape index (κ2) is 6.33. The number of para-hydroxylation sites is 2. The van der Waals surface area contributed by atoms with Crippen LogP contribution in [0.2, 0.25) is 0 Å². The fourth-order valence-electron chi connectivity index (χ4n) is 4.43. The van der Waals surface area contributed by atoms with Crippen LogP contribution in [0, 0.1) is 6.92 Å². The van der Waals surface area contributed by atoms with E-state index in [4.69, 9.17) is 4.98 Å². The molecule has 0 aliphatic carbocycles. The maximum atomic E-state index is 4.83. The van der Waals surface area contributed by atoms with Gasteiger partial charge >= 0.3 is 0 Å². The molecule has 0 spiro atoms. The lowest BCUT2D eigenvalue weighted by molar-refractivity contribution is 0.974. The highest BCUT2D eigenvalue weighted by molar-refractivity contribution is 5.92. The van der Waals surface area contributed by atoms with Crippen LogP contribution in [-0.4, -0.2) is 14.0 Å². The van der Waals surface area contributed by atoms with Crippen molar-refractivity contribution < 1.29 is 0 Å². The number of nitrogens with zero attached hydrogens (tertiary/aromatic N) is 3. The van der Waals surface area contributed by atoms with Crippen LogP contribution in [0.4, 0.5) is 0 Å². The zero-order valence-corrected chi connectivity index (χ0v) is 17.0. The Morgan fingerprint density at radius 1 is 0.600 bits per heavy atom. The highest BCUT2D eigenvalue weighted by atomic mass is 15.2. The summed E-state index contributed by atoms with van der Waals surface area (Å²) < 4.78 is 4.43. The van der Waals surface area contributed by atoms with Gasteiger partial charge in [-0.3, -0.25) is 4.40 Å². The van der Waals surface area contributed by atoms with Gasteiger partial charge in [-0.2, -0.15) is 0 Å². The molecule has 0 amide bonds. The van der Waals surface area contributed by atoms with E-state index >= 15 is 0 Å². The van der Waals surface area contributed by atoms with Crippen LogP contribution in [0.1, 0.15) is 5.56 Å². The fraction of sp³-hybridized carbons (Fsp3) is 0.0741. The van der Waals surface area contributed by atoms with Gasteiger partial charge in [-0.05, 0) is 53.4 Å². The summed E-state index contributed by atoms with van der Waals surface area (Å²) in [6.07, 6.45) is 0. The van der Waals surface area contributed by atoms with Crippen molar-refractivity contribution in [1.29, 1.82) is 0 Å². The van der Waals surface area contributed by atoms with Crippen molar-refractivity contribution in [3.63, 3.8) is 0 Å². The molecule has 0 saturated carbocycles. The molecule has 4 aromatic carbocycles. The van der Waals surface area contributed by atoms with Gasteiger partial charge in [0.1, 0.15) is 0 Å². The molecule has 0 bridgehead atoms. The van der Waals surface area contributed by atoms with Gasteiger partial charge < -0.3 is 4.57 Å². The lowest BCUT2D eigenvalue weighted by Crippen LogP contribution is -1.88. The van der Waals surface area contributed by atoms with E-state index in [0.29, 0.717) is 0 Å². The molecule has 0 radical (unpaired) electrons. The van der Waals surface area contributed by atoms with E-state index in [2.05, 4.69) is 108 Å². The van der Waals surface area contributed by atoms with Crippen LogP contribution in [0.25, 0.3) is 50.1 Å². The topological polar surface area (TPSA) is 22.2 Å². The summed E-state index contributed by atoms with van der Waals surface area (Å²) in [6.45, 7) is 2.13. The zero-order chi connectivity index (χ0) is 20.2. The summed E-state index contributed by atoms with van der Waals surface area (Å²) >= 11 is 0. The largest absolute Gasteiger partial charge is 0.313 e. The molecule has 6 aromatic rings. The molecule has 2 heterocycles. The van der Waals surface area contributed by atoms with Crippen molar-refractivity contribution in [3.8, 4) is 22.3 Å². The summed E-state index contributed by atoms with van der Waals surface area (Å²) in [7, 11) is 2.08. The van der Waals surface area contributed by atoms with Crippen molar-refractivity contribution in [3.05, 3.63) is 96.6 Å². The minimum absolute atomic E-state index is 0.971. The summed E-state index contributed by atoms with van der Waals surface area (Å²) in [4.78, 5) is 4.83. The van der Waals surface area contributed by atoms with E-state index in [1.165, 1.54) is 38.9 Å². The third kappa shape index (κ3) is 2.49. The van der Waals surface area contributed by atoms with Crippen LogP contribution in [0.15, 0.2) is 91.0 Å². The normalized spacial score (nSPS) is 11.7. The highest BCUT2D eigenvalue weighted by Gasteiger charge is 2.14. The standard InChI is InChI=1S/C27H21N3/c1-18-6-5-7-21(16-18)19-10-12-20(13-11-19)22-14-15-25-26(17-22)30-24-9-4-3-8-23(24)28-27(30)29(25)2/h3-17H,1-2H3. The first-order valence-corrected chi connectivity index (χ1v) is 10.2. The lowest BCUT2D eigenvalue weighted by Gasteiger charge is -2.07.